The summed E-state index contributed by atoms with van der Waals surface area (Å²) in [5, 5.41) is 10.1. The quantitative estimate of drug-likeness (QED) is 0.246. The lowest BCUT2D eigenvalue weighted by Gasteiger charge is -2.36. The number of halogens is 1. The Morgan fingerprint density at radius 2 is 2.07 bits per heavy atom. The molecule has 0 bridgehead atoms. The number of nitrogens with zero attached hydrogens (tertiary/aromatic N) is 4. The number of rotatable bonds is 7. The van der Waals surface area contributed by atoms with E-state index in [4.69, 9.17) is 9.26 Å². The molecule has 0 unspecified atom stereocenters. The van der Waals surface area contributed by atoms with Crippen LogP contribution in [0, 0.1) is 0 Å². The topological polar surface area (TPSA) is 95.2 Å². The zero-order valence-electron chi connectivity index (χ0n) is 17.3. The van der Waals surface area contributed by atoms with Crippen LogP contribution in [0.1, 0.15) is 12.6 Å². The molecule has 1 amide bonds. The lowest BCUT2D eigenvalue weighted by atomic mass is 10.3. The van der Waals surface area contributed by atoms with Crippen molar-refractivity contribution in [3.05, 3.63) is 42.3 Å². The first kappa shape index (κ1) is 23.9. The van der Waals surface area contributed by atoms with Gasteiger partial charge in [0, 0.05) is 64.5 Å². The van der Waals surface area contributed by atoms with Crippen LogP contribution in [-0.4, -0.2) is 73.2 Å². The van der Waals surface area contributed by atoms with Crippen LogP contribution in [0.3, 0.4) is 0 Å². The highest BCUT2D eigenvalue weighted by Gasteiger charge is 2.20. The number of aromatic nitrogens is 1. The molecule has 0 atom stereocenters. The minimum Gasteiger partial charge on any atom is -0.492 e. The summed E-state index contributed by atoms with van der Waals surface area (Å²) in [4.78, 5) is 20.1. The standard InChI is InChI=1S/C20H28N6O3.HI/c1-16(27)23-17-4-3-5-19(14-17)28-13-7-22-20(21-2)26-10-8-25(9-11-26)15-18-6-12-29-24-18;/h3-6,12,14H,7-11,13,15H2,1-2H3,(H,21,22)(H,23,27);1H. The van der Waals surface area contributed by atoms with Crippen molar-refractivity contribution < 1.29 is 14.1 Å². The van der Waals surface area contributed by atoms with E-state index >= 15 is 0 Å². The Hall–Kier alpha value is -2.34. The lowest BCUT2D eigenvalue weighted by molar-refractivity contribution is -0.114. The Morgan fingerprint density at radius 1 is 1.27 bits per heavy atom. The van der Waals surface area contributed by atoms with Crippen LogP contribution in [0.5, 0.6) is 5.75 Å². The van der Waals surface area contributed by atoms with Crippen molar-refractivity contribution in [3.63, 3.8) is 0 Å². The Kier molecular flexibility index (Phi) is 9.87. The molecule has 9 nitrogen and oxygen atoms in total. The summed E-state index contributed by atoms with van der Waals surface area (Å²) in [6, 6.07) is 9.26. The summed E-state index contributed by atoms with van der Waals surface area (Å²) in [6.07, 6.45) is 1.61. The second kappa shape index (κ2) is 12.4. The highest BCUT2D eigenvalue weighted by molar-refractivity contribution is 14.0. The van der Waals surface area contributed by atoms with Crippen LogP contribution < -0.4 is 15.4 Å². The molecule has 1 aromatic heterocycles. The number of nitrogens with one attached hydrogen (secondary N) is 2. The van der Waals surface area contributed by atoms with Gasteiger partial charge in [0.05, 0.1) is 12.2 Å². The van der Waals surface area contributed by atoms with E-state index in [1.165, 1.54) is 6.92 Å². The molecule has 0 radical (unpaired) electrons. The van der Waals surface area contributed by atoms with Crippen molar-refractivity contribution in [3.8, 4) is 5.75 Å². The zero-order valence-corrected chi connectivity index (χ0v) is 19.7. The predicted molar refractivity (Wildman–Crippen MR) is 126 cm³/mol. The molecule has 1 fully saturated rings. The van der Waals surface area contributed by atoms with E-state index in [1.54, 1.807) is 13.3 Å². The number of carbonyl (C=O) groups excluding carboxylic acids is 1. The fourth-order valence-corrected chi connectivity index (χ4v) is 3.20. The zero-order chi connectivity index (χ0) is 20.5. The third-order valence-electron chi connectivity index (χ3n) is 4.57. The molecule has 1 aliphatic heterocycles. The molecule has 0 spiro atoms. The van der Waals surface area contributed by atoms with Crippen molar-refractivity contribution in [2.45, 2.75) is 13.5 Å². The second-order valence-electron chi connectivity index (χ2n) is 6.79. The van der Waals surface area contributed by atoms with E-state index in [2.05, 4.69) is 30.6 Å². The maximum absolute atomic E-state index is 11.2. The summed E-state index contributed by atoms with van der Waals surface area (Å²) in [7, 11) is 1.79. The summed E-state index contributed by atoms with van der Waals surface area (Å²) in [6.45, 7) is 7.11. The summed E-state index contributed by atoms with van der Waals surface area (Å²) in [5.74, 6) is 1.49. The maximum atomic E-state index is 11.2. The Labute approximate surface area is 193 Å². The van der Waals surface area contributed by atoms with Crippen LogP contribution in [0.4, 0.5) is 5.69 Å². The van der Waals surface area contributed by atoms with Gasteiger partial charge in [0.25, 0.3) is 0 Å². The Bertz CT molecular complexity index is 807. The van der Waals surface area contributed by atoms with Gasteiger partial charge in [-0.1, -0.05) is 11.2 Å². The number of guanidine groups is 1. The monoisotopic (exact) mass is 528 g/mol. The van der Waals surface area contributed by atoms with Gasteiger partial charge < -0.3 is 24.8 Å². The number of piperazine rings is 1. The molecule has 164 valence electrons. The smallest absolute Gasteiger partial charge is 0.221 e. The van der Waals surface area contributed by atoms with Gasteiger partial charge in [-0.15, -0.1) is 24.0 Å². The van der Waals surface area contributed by atoms with Crippen LogP contribution >= 0.6 is 24.0 Å². The third-order valence-corrected chi connectivity index (χ3v) is 4.57. The van der Waals surface area contributed by atoms with Crippen molar-refractivity contribution >= 4 is 41.5 Å². The maximum Gasteiger partial charge on any atom is 0.221 e. The highest BCUT2D eigenvalue weighted by Crippen LogP contribution is 2.17. The molecule has 1 aromatic carbocycles. The van der Waals surface area contributed by atoms with Crippen LogP contribution in [-0.2, 0) is 11.3 Å². The van der Waals surface area contributed by atoms with Gasteiger partial charge in [-0.25, -0.2) is 0 Å². The molecular weight excluding hydrogens is 499 g/mol. The van der Waals surface area contributed by atoms with Gasteiger partial charge in [0.15, 0.2) is 5.96 Å². The normalized spacial score (nSPS) is 14.7. The molecular formula is C20H29IN6O3. The summed E-state index contributed by atoms with van der Waals surface area (Å²) >= 11 is 0. The molecule has 2 N–H and O–H groups in total. The number of hydrogen-bond donors (Lipinski definition) is 2. The third kappa shape index (κ3) is 7.48. The summed E-state index contributed by atoms with van der Waals surface area (Å²) < 4.78 is 10.7. The van der Waals surface area contributed by atoms with Crippen LogP contribution in [0.15, 0.2) is 46.1 Å². The van der Waals surface area contributed by atoms with E-state index in [0.717, 1.165) is 55.8 Å². The fraction of sp³-hybridized carbons (Fsp3) is 0.450. The fourth-order valence-electron chi connectivity index (χ4n) is 3.20. The van der Waals surface area contributed by atoms with Crippen molar-refractivity contribution in [2.75, 3.05) is 51.7 Å². The van der Waals surface area contributed by atoms with Crippen LogP contribution in [0.25, 0.3) is 0 Å². The molecule has 1 aliphatic rings. The number of aliphatic imine (C=N–C) groups is 1. The largest absolute Gasteiger partial charge is 0.492 e. The number of amides is 1. The highest BCUT2D eigenvalue weighted by atomic mass is 127. The van der Waals surface area contributed by atoms with Gasteiger partial charge in [-0.05, 0) is 12.1 Å². The second-order valence-corrected chi connectivity index (χ2v) is 6.79. The Morgan fingerprint density at radius 3 is 2.73 bits per heavy atom. The van der Waals surface area contributed by atoms with Gasteiger partial charge >= 0.3 is 0 Å². The van der Waals surface area contributed by atoms with Crippen molar-refractivity contribution in [2.24, 2.45) is 4.99 Å². The minimum absolute atomic E-state index is 0. The minimum atomic E-state index is -0.103. The van der Waals surface area contributed by atoms with Gasteiger partial charge in [-0.3, -0.25) is 14.7 Å². The molecule has 30 heavy (non-hydrogen) atoms. The van der Waals surface area contributed by atoms with E-state index in [9.17, 15) is 4.79 Å². The lowest BCUT2D eigenvalue weighted by Crippen LogP contribution is -2.52. The van der Waals surface area contributed by atoms with Gasteiger partial charge in [0.1, 0.15) is 18.6 Å². The van der Waals surface area contributed by atoms with E-state index < -0.39 is 0 Å². The Balaban J connectivity index is 0.00000320. The van der Waals surface area contributed by atoms with Crippen LogP contribution in [0.2, 0.25) is 0 Å². The first-order valence-corrected chi connectivity index (χ1v) is 9.71. The molecule has 0 saturated carbocycles. The summed E-state index contributed by atoms with van der Waals surface area (Å²) in [5.41, 5.74) is 1.68. The average molecular weight is 528 g/mol. The van der Waals surface area contributed by atoms with E-state index in [1.807, 2.05) is 30.3 Å². The number of carbonyl (C=O) groups is 1. The number of hydrogen-bond acceptors (Lipinski definition) is 6. The molecule has 2 heterocycles. The molecule has 2 aromatic rings. The van der Waals surface area contributed by atoms with E-state index in [-0.39, 0.29) is 29.9 Å². The molecule has 10 heteroatoms. The van der Waals surface area contributed by atoms with E-state index in [0.29, 0.717) is 13.2 Å². The van der Waals surface area contributed by atoms with Gasteiger partial charge in [0.2, 0.25) is 5.91 Å². The first-order chi connectivity index (χ1) is 14.1. The molecule has 1 saturated heterocycles. The average Bonchev–Trinajstić information content (AvgIpc) is 3.22. The first-order valence-electron chi connectivity index (χ1n) is 9.71. The predicted octanol–water partition coefficient (Wildman–Crippen LogP) is 2.02. The number of anilines is 1. The molecule has 3 rings (SSSR count). The van der Waals surface area contributed by atoms with Crippen molar-refractivity contribution in [1.82, 2.24) is 20.3 Å². The van der Waals surface area contributed by atoms with Gasteiger partial charge in [-0.2, -0.15) is 0 Å². The number of ether oxygens (including phenoxy) is 1. The number of benzene rings is 1. The SMILES string of the molecule is CN=C(NCCOc1cccc(NC(C)=O)c1)N1CCN(Cc2ccon2)CC1.I. The van der Waals surface area contributed by atoms with Crippen molar-refractivity contribution in [1.29, 1.82) is 0 Å². The molecule has 0 aliphatic carbocycles.